The van der Waals surface area contributed by atoms with E-state index in [1.807, 2.05) is 28.0 Å². The van der Waals surface area contributed by atoms with Crippen molar-refractivity contribution < 1.29 is 18.7 Å². The number of carbonyl (C=O) groups is 2. The molecule has 1 fully saturated rings. The molecule has 36 heavy (non-hydrogen) atoms. The van der Waals surface area contributed by atoms with Gasteiger partial charge in [-0.1, -0.05) is 18.2 Å². The van der Waals surface area contributed by atoms with Crippen molar-refractivity contribution in [2.75, 3.05) is 46.4 Å². The fourth-order valence-corrected chi connectivity index (χ4v) is 6.09. The molecule has 0 bridgehead atoms. The van der Waals surface area contributed by atoms with Crippen LogP contribution in [-0.4, -0.2) is 72.9 Å². The molecule has 6 nitrogen and oxygen atoms in total. The van der Waals surface area contributed by atoms with E-state index in [4.69, 9.17) is 4.74 Å². The molecule has 188 valence electrons. The van der Waals surface area contributed by atoms with Crippen LogP contribution in [-0.2, 0) is 11.2 Å². The van der Waals surface area contributed by atoms with Crippen LogP contribution in [0.4, 0.5) is 4.39 Å². The molecule has 3 heterocycles. The number of methoxy groups -OCH3 is 1. The smallest absolute Gasteiger partial charge is 0.254 e. The third kappa shape index (κ3) is 5.15. The van der Waals surface area contributed by atoms with Crippen molar-refractivity contribution in [3.63, 3.8) is 0 Å². The van der Waals surface area contributed by atoms with Gasteiger partial charge in [0, 0.05) is 43.2 Å². The number of thiophene rings is 1. The van der Waals surface area contributed by atoms with Gasteiger partial charge < -0.3 is 14.5 Å². The van der Waals surface area contributed by atoms with E-state index >= 15 is 0 Å². The molecule has 0 spiro atoms. The van der Waals surface area contributed by atoms with E-state index in [-0.39, 0.29) is 30.2 Å². The fraction of sp³-hybridized carbons (Fsp3) is 0.357. The van der Waals surface area contributed by atoms with Crippen molar-refractivity contribution in [2.45, 2.75) is 18.9 Å². The number of carbonyl (C=O) groups excluding carboxylic acids is 2. The molecule has 3 aromatic rings. The van der Waals surface area contributed by atoms with Gasteiger partial charge in [0.15, 0.2) is 0 Å². The van der Waals surface area contributed by atoms with Gasteiger partial charge >= 0.3 is 0 Å². The summed E-state index contributed by atoms with van der Waals surface area (Å²) in [5, 5.41) is 2.07. The average Bonchev–Trinajstić information content (AvgIpc) is 3.23. The van der Waals surface area contributed by atoms with Gasteiger partial charge in [0.2, 0.25) is 5.91 Å². The second-order valence-electron chi connectivity index (χ2n) is 9.24. The number of hydrogen-bond donors (Lipinski definition) is 0. The van der Waals surface area contributed by atoms with E-state index in [0.717, 1.165) is 30.5 Å². The molecule has 5 rings (SSSR count). The molecule has 0 aliphatic carbocycles. The molecular weight excluding hydrogens is 477 g/mol. The summed E-state index contributed by atoms with van der Waals surface area (Å²) in [6.07, 6.45) is 1.61. The highest BCUT2D eigenvalue weighted by molar-refractivity contribution is 7.10. The van der Waals surface area contributed by atoms with Crippen LogP contribution in [0.25, 0.3) is 0 Å². The maximum Gasteiger partial charge on any atom is 0.254 e. The summed E-state index contributed by atoms with van der Waals surface area (Å²) in [6, 6.07) is 15.8. The highest BCUT2D eigenvalue weighted by Crippen LogP contribution is 2.37. The third-order valence-electron chi connectivity index (χ3n) is 7.02. The van der Waals surface area contributed by atoms with Gasteiger partial charge in [-0.15, -0.1) is 11.3 Å². The maximum absolute atomic E-state index is 14.1. The largest absolute Gasteiger partial charge is 0.497 e. The Morgan fingerprint density at radius 1 is 1.00 bits per heavy atom. The zero-order valence-corrected chi connectivity index (χ0v) is 21.2. The molecule has 2 aliphatic heterocycles. The SMILES string of the molecule is COc1cccc(C(=O)N2CCCN(C(=O)CN3CCc4sccc4C3c3cccc(F)c3)CC2)c1. The molecule has 1 unspecified atom stereocenters. The lowest BCUT2D eigenvalue weighted by atomic mass is 9.93. The summed E-state index contributed by atoms with van der Waals surface area (Å²) in [4.78, 5) is 33.6. The fourth-order valence-electron chi connectivity index (χ4n) is 5.19. The van der Waals surface area contributed by atoms with E-state index in [1.165, 1.54) is 10.9 Å². The number of ether oxygens (including phenoxy) is 1. The lowest BCUT2D eigenvalue weighted by molar-refractivity contribution is -0.132. The van der Waals surface area contributed by atoms with Crippen LogP contribution in [0.5, 0.6) is 5.75 Å². The summed E-state index contributed by atoms with van der Waals surface area (Å²) in [5.41, 5.74) is 2.62. The highest BCUT2D eigenvalue weighted by Gasteiger charge is 2.32. The summed E-state index contributed by atoms with van der Waals surface area (Å²) < 4.78 is 19.3. The van der Waals surface area contributed by atoms with Crippen molar-refractivity contribution in [2.24, 2.45) is 0 Å². The first kappa shape index (κ1) is 24.5. The van der Waals surface area contributed by atoms with Gasteiger partial charge in [-0.25, -0.2) is 4.39 Å². The molecule has 0 radical (unpaired) electrons. The quantitative estimate of drug-likeness (QED) is 0.519. The molecular formula is C28H30FN3O3S. The first-order valence-corrected chi connectivity index (χ1v) is 13.2. The lowest BCUT2D eigenvalue weighted by Gasteiger charge is -2.37. The minimum absolute atomic E-state index is 0.0459. The van der Waals surface area contributed by atoms with E-state index in [9.17, 15) is 14.0 Å². The average molecular weight is 508 g/mol. The van der Waals surface area contributed by atoms with E-state index < -0.39 is 0 Å². The van der Waals surface area contributed by atoms with Crippen molar-refractivity contribution >= 4 is 23.2 Å². The van der Waals surface area contributed by atoms with E-state index in [0.29, 0.717) is 37.5 Å². The van der Waals surface area contributed by atoms with Crippen molar-refractivity contribution in [1.29, 1.82) is 0 Å². The normalized spacial score (nSPS) is 18.4. The van der Waals surface area contributed by atoms with Gasteiger partial charge in [0.25, 0.3) is 5.91 Å². The number of fused-ring (bicyclic) bond motifs is 1. The van der Waals surface area contributed by atoms with Gasteiger partial charge in [-0.2, -0.15) is 0 Å². The first-order chi connectivity index (χ1) is 17.5. The Bertz CT molecular complexity index is 1250. The Morgan fingerprint density at radius 3 is 2.64 bits per heavy atom. The predicted octanol–water partition coefficient (Wildman–Crippen LogP) is 4.22. The number of benzene rings is 2. The minimum atomic E-state index is -0.269. The second kappa shape index (κ2) is 10.8. The maximum atomic E-state index is 14.1. The summed E-state index contributed by atoms with van der Waals surface area (Å²) in [6.45, 7) is 3.21. The molecule has 2 aromatic carbocycles. The van der Waals surface area contributed by atoms with Crippen LogP contribution in [0.1, 0.15) is 38.8 Å². The molecule has 1 saturated heterocycles. The van der Waals surface area contributed by atoms with Crippen molar-refractivity contribution in [1.82, 2.24) is 14.7 Å². The number of rotatable bonds is 5. The van der Waals surface area contributed by atoms with Gasteiger partial charge in [-0.05, 0) is 65.7 Å². The zero-order valence-electron chi connectivity index (χ0n) is 20.4. The molecule has 2 amide bonds. The van der Waals surface area contributed by atoms with E-state index in [2.05, 4.69) is 16.3 Å². The Kier molecular flexibility index (Phi) is 7.34. The van der Waals surface area contributed by atoms with Gasteiger partial charge in [-0.3, -0.25) is 14.5 Å². The first-order valence-electron chi connectivity index (χ1n) is 12.3. The summed E-state index contributed by atoms with van der Waals surface area (Å²) in [5.74, 6) is 0.381. The van der Waals surface area contributed by atoms with Crippen LogP contribution in [0.2, 0.25) is 0 Å². The van der Waals surface area contributed by atoms with Crippen LogP contribution in [0.3, 0.4) is 0 Å². The third-order valence-corrected chi connectivity index (χ3v) is 8.02. The number of nitrogens with zero attached hydrogens (tertiary/aromatic N) is 3. The predicted molar refractivity (Wildman–Crippen MR) is 138 cm³/mol. The zero-order chi connectivity index (χ0) is 25.1. The Labute approximate surface area is 214 Å². The molecule has 0 N–H and O–H groups in total. The standard InChI is InChI=1S/C28H30FN3O3S/c1-35-23-8-3-6-21(18-23)28(34)31-12-4-11-30(14-15-31)26(33)19-32-13-9-25-24(10-16-36-25)27(32)20-5-2-7-22(29)17-20/h2-3,5-8,10,16-18,27H,4,9,11-15,19H2,1H3. The number of amides is 2. The highest BCUT2D eigenvalue weighted by atomic mass is 32.1. The van der Waals surface area contributed by atoms with Gasteiger partial charge in [0.1, 0.15) is 11.6 Å². The monoisotopic (exact) mass is 507 g/mol. The lowest BCUT2D eigenvalue weighted by Crippen LogP contribution is -2.45. The van der Waals surface area contributed by atoms with Gasteiger partial charge in [0.05, 0.1) is 19.7 Å². The molecule has 1 atom stereocenters. The van der Waals surface area contributed by atoms with Crippen LogP contribution >= 0.6 is 11.3 Å². The molecule has 1 aromatic heterocycles. The summed E-state index contributed by atoms with van der Waals surface area (Å²) in [7, 11) is 1.58. The minimum Gasteiger partial charge on any atom is -0.497 e. The summed E-state index contributed by atoms with van der Waals surface area (Å²) >= 11 is 1.72. The molecule has 0 saturated carbocycles. The second-order valence-corrected chi connectivity index (χ2v) is 10.2. The Hall–Kier alpha value is -3.23. The van der Waals surface area contributed by atoms with Crippen LogP contribution in [0, 0.1) is 5.82 Å². The number of halogens is 1. The number of hydrogen-bond acceptors (Lipinski definition) is 5. The molecule has 8 heteroatoms. The Morgan fingerprint density at radius 2 is 1.81 bits per heavy atom. The van der Waals surface area contributed by atoms with Crippen molar-refractivity contribution in [3.05, 3.63) is 87.4 Å². The van der Waals surface area contributed by atoms with Crippen LogP contribution < -0.4 is 4.74 Å². The Balaban J connectivity index is 1.27. The topological polar surface area (TPSA) is 53.1 Å². The van der Waals surface area contributed by atoms with Crippen LogP contribution in [0.15, 0.2) is 60.0 Å². The molecule has 2 aliphatic rings. The van der Waals surface area contributed by atoms with Crippen molar-refractivity contribution in [3.8, 4) is 5.75 Å². The van der Waals surface area contributed by atoms with E-state index in [1.54, 1.807) is 42.7 Å².